The van der Waals surface area contributed by atoms with Crippen molar-refractivity contribution in [2.24, 2.45) is 7.05 Å². The Balaban J connectivity index is 1.43. The van der Waals surface area contributed by atoms with Gasteiger partial charge in [-0.2, -0.15) is 0 Å². The standard InChI is InChI=1S/C28H26N4O3S/c1-19(35-26-16-10-9-15-25(26)34-3)27-29-30-28(32(27)20-11-5-4-6-12-20)36-18-24(33)22-17-31(2)23-14-8-7-13-21(22)23/h4-17,19H,18H2,1-3H3. The Morgan fingerprint density at radius 3 is 2.42 bits per heavy atom. The molecule has 36 heavy (non-hydrogen) atoms. The van der Waals surface area contributed by atoms with Gasteiger partial charge >= 0.3 is 0 Å². The SMILES string of the molecule is COc1ccccc1OC(C)c1nnc(SCC(=O)c2cn(C)c3ccccc23)n1-c1ccccc1. The fourth-order valence-corrected chi connectivity index (χ4v) is 5.03. The Kier molecular flexibility index (Phi) is 6.77. The second-order valence-corrected chi connectivity index (χ2v) is 9.25. The minimum Gasteiger partial charge on any atom is -0.493 e. The van der Waals surface area contributed by atoms with Crippen molar-refractivity contribution in [3.63, 3.8) is 0 Å². The topological polar surface area (TPSA) is 71.2 Å². The first-order chi connectivity index (χ1) is 17.6. The van der Waals surface area contributed by atoms with Crippen LogP contribution in [0.15, 0.2) is 90.2 Å². The number of ether oxygens (including phenoxy) is 2. The van der Waals surface area contributed by atoms with Crippen molar-refractivity contribution in [1.82, 2.24) is 19.3 Å². The Labute approximate surface area is 213 Å². The van der Waals surface area contributed by atoms with Crippen LogP contribution in [0.2, 0.25) is 0 Å². The highest BCUT2D eigenvalue weighted by Gasteiger charge is 2.23. The lowest BCUT2D eigenvalue weighted by atomic mass is 10.1. The van der Waals surface area contributed by atoms with Crippen LogP contribution in [0.5, 0.6) is 11.5 Å². The first-order valence-electron chi connectivity index (χ1n) is 11.6. The van der Waals surface area contributed by atoms with E-state index >= 15 is 0 Å². The van der Waals surface area contributed by atoms with Gasteiger partial charge in [-0.15, -0.1) is 10.2 Å². The van der Waals surface area contributed by atoms with Crippen LogP contribution in [0.1, 0.15) is 29.2 Å². The summed E-state index contributed by atoms with van der Waals surface area (Å²) in [6, 6.07) is 25.3. The maximum Gasteiger partial charge on any atom is 0.196 e. The number of methoxy groups -OCH3 is 1. The molecule has 0 radical (unpaired) electrons. The van der Waals surface area contributed by atoms with E-state index in [2.05, 4.69) is 10.2 Å². The van der Waals surface area contributed by atoms with Gasteiger partial charge in [-0.1, -0.05) is 60.3 Å². The van der Waals surface area contributed by atoms with Gasteiger partial charge in [0.15, 0.2) is 34.4 Å². The molecule has 1 unspecified atom stereocenters. The van der Waals surface area contributed by atoms with Crippen LogP contribution in [0, 0.1) is 0 Å². The van der Waals surface area contributed by atoms with Gasteiger partial charge in [-0.3, -0.25) is 9.36 Å². The number of rotatable bonds is 9. The molecule has 7 nitrogen and oxygen atoms in total. The number of Topliss-reactive ketones (excluding diaryl/α,β-unsaturated/α-hetero) is 1. The Bertz CT molecular complexity index is 1510. The molecule has 0 bridgehead atoms. The van der Waals surface area contributed by atoms with Crippen LogP contribution in [-0.4, -0.2) is 38.0 Å². The monoisotopic (exact) mass is 498 g/mol. The summed E-state index contributed by atoms with van der Waals surface area (Å²) < 4.78 is 15.6. The normalized spacial score (nSPS) is 12.0. The van der Waals surface area contributed by atoms with Gasteiger partial charge in [0.1, 0.15) is 0 Å². The average Bonchev–Trinajstić information content (AvgIpc) is 3.49. The van der Waals surface area contributed by atoms with Crippen molar-refractivity contribution in [3.05, 3.63) is 96.4 Å². The molecule has 0 fully saturated rings. The third-order valence-corrected chi connectivity index (χ3v) is 6.87. The van der Waals surface area contributed by atoms with Crippen molar-refractivity contribution in [2.45, 2.75) is 18.2 Å². The lowest BCUT2D eigenvalue weighted by Crippen LogP contribution is -2.12. The molecule has 2 heterocycles. The number of thioether (sulfide) groups is 1. The Hall–Kier alpha value is -4.04. The van der Waals surface area contributed by atoms with Crippen LogP contribution in [0.4, 0.5) is 0 Å². The smallest absolute Gasteiger partial charge is 0.196 e. The largest absolute Gasteiger partial charge is 0.493 e. The molecule has 0 amide bonds. The minimum absolute atomic E-state index is 0.0410. The zero-order valence-corrected chi connectivity index (χ0v) is 21.1. The second-order valence-electron chi connectivity index (χ2n) is 8.31. The first kappa shape index (κ1) is 23.7. The van der Waals surface area contributed by atoms with Gasteiger partial charge in [0.05, 0.1) is 12.9 Å². The van der Waals surface area contributed by atoms with Crippen molar-refractivity contribution in [1.29, 1.82) is 0 Å². The van der Waals surface area contributed by atoms with E-state index in [1.54, 1.807) is 7.11 Å². The molecule has 3 aromatic carbocycles. The summed E-state index contributed by atoms with van der Waals surface area (Å²) >= 11 is 1.37. The molecule has 0 aliphatic rings. The maximum absolute atomic E-state index is 13.2. The third-order valence-electron chi connectivity index (χ3n) is 5.94. The Morgan fingerprint density at radius 1 is 0.944 bits per heavy atom. The fraction of sp³-hybridized carbons (Fsp3) is 0.179. The van der Waals surface area contributed by atoms with Crippen LogP contribution < -0.4 is 9.47 Å². The van der Waals surface area contributed by atoms with Gasteiger partial charge in [0.2, 0.25) is 0 Å². The zero-order valence-electron chi connectivity index (χ0n) is 20.3. The second kappa shape index (κ2) is 10.3. The van der Waals surface area contributed by atoms with Crippen molar-refractivity contribution >= 4 is 28.4 Å². The summed E-state index contributed by atoms with van der Waals surface area (Å²) in [4.78, 5) is 13.2. The molecule has 0 aliphatic heterocycles. The van der Waals surface area contributed by atoms with Gasteiger partial charge in [-0.25, -0.2) is 0 Å². The van der Waals surface area contributed by atoms with Crippen molar-refractivity contribution in [3.8, 4) is 17.2 Å². The molecule has 1 atom stereocenters. The molecular formula is C28H26N4O3S. The van der Waals surface area contributed by atoms with Gasteiger partial charge in [0, 0.05) is 35.4 Å². The summed E-state index contributed by atoms with van der Waals surface area (Å²) in [5, 5.41) is 10.5. The predicted molar refractivity (Wildman–Crippen MR) is 141 cm³/mol. The number of para-hydroxylation sites is 4. The number of fused-ring (bicyclic) bond motifs is 1. The number of carbonyl (C=O) groups is 1. The number of benzene rings is 3. The molecule has 0 aliphatic carbocycles. The molecule has 182 valence electrons. The highest BCUT2D eigenvalue weighted by molar-refractivity contribution is 7.99. The van der Waals surface area contributed by atoms with Crippen LogP contribution >= 0.6 is 11.8 Å². The summed E-state index contributed by atoms with van der Waals surface area (Å²) in [5.74, 6) is 2.17. The van der Waals surface area contributed by atoms with Crippen LogP contribution in [0.3, 0.4) is 0 Å². The van der Waals surface area contributed by atoms with Gasteiger partial charge < -0.3 is 14.0 Å². The van der Waals surface area contributed by atoms with E-state index in [1.807, 2.05) is 108 Å². The highest BCUT2D eigenvalue weighted by Crippen LogP contribution is 2.33. The van der Waals surface area contributed by atoms with E-state index in [1.165, 1.54) is 11.8 Å². The minimum atomic E-state index is -0.419. The number of aryl methyl sites for hydroxylation is 1. The number of carbonyl (C=O) groups excluding carboxylic acids is 1. The van der Waals surface area contributed by atoms with Gasteiger partial charge in [-0.05, 0) is 37.3 Å². The molecule has 2 aromatic heterocycles. The van der Waals surface area contributed by atoms with Crippen LogP contribution in [-0.2, 0) is 7.05 Å². The number of hydrogen-bond donors (Lipinski definition) is 0. The lowest BCUT2D eigenvalue weighted by molar-refractivity contribution is 0.102. The first-order valence-corrected chi connectivity index (χ1v) is 12.6. The van der Waals surface area contributed by atoms with E-state index in [4.69, 9.17) is 9.47 Å². The average molecular weight is 499 g/mol. The highest BCUT2D eigenvalue weighted by atomic mass is 32.2. The quantitative estimate of drug-likeness (QED) is 0.187. The van der Waals surface area contributed by atoms with Crippen molar-refractivity contribution in [2.75, 3.05) is 12.9 Å². The number of hydrogen-bond acceptors (Lipinski definition) is 6. The molecule has 0 saturated carbocycles. The number of nitrogens with zero attached hydrogens (tertiary/aromatic N) is 4. The van der Waals surface area contributed by atoms with E-state index in [9.17, 15) is 4.79 Å². The third kappa shape index (κ3) is 4.59. The summed E-state index contributed by atoms with van der Waals surface area (Å²) in [6.45, 7) is 1.92. The molecular weight excluding hydrogens is 472 g/mol. The Morgan fingerprint density at radius 2 is 1.64 bits per heavy atom. The fourth-order valence-electron chi connectivity index (χ4n) is 4.19. The van der Waals surface area contributed by atoms with E-state index in [0.29, 0.717) is 28.0 Å². The molecule has 5 aromatic rings. The number of aromatic nitrogens is 4. The van der Waals surface area contributed by atoms with E-state index < -0.39 is 6.10 Å². The predicted octanol–water partition coefficient (Wildman–Crippen LogP) is 5.88. The molecule has 8 heteroatoms. The van der Waals surface area contributed by atoms with E-state index in [0.717, 1.165) is 16.6 Å². The molecule has 5 rings (SSSR count). The number of ketones is 1. The maximum atomic E-state index is 13.2. The molecule has 0 spiro atoms. The van der Waals surface area contributed by atoms with Gasteiger partial charge in [0.25, 0.3) is 0 Å². The summed E-state index contributed by atoms with van der Waals surface area (Å²) in [5.41, 5.74) is 2.63. The molecule has 0 N–H and O–H groups in total. The zero-order chi connectivity index (χ0) is 25.1. The van der Waals surface area contributed by atoms with E-state index in [-0.39, 0.29) is 11.5 Å². The summed E-state index contributed by atoms with van der Waals surface area (Å²) in [6.07, 6.45) is 1.47. The van der Waals surface area contributed by atoms with Crippen molar-refractivity contribution < 1.29 is 14.3 Å². The summed E-state index contributed by atoms with van der Waals surface area (Å²) in [7, 11) is 3.56. The molecule has 0 saturated heterocycles. The lowest BCUT2D eigenvalue weighted by Gasteiger charge is -2.18. The van der Waals surface area contributed by atoms with Crippen LogP contribution in [0.25, 0.3) is 16.6 Å².